The highest BCUT2D eigenvalue weighted by Gasteiger charge is 2.23. The molecule has 0 radical (unpaired) electrons. The van der Waals surface area contributed by atoms with Crippen molar-refractivity contribution in [3.63, 3.8) is 0 Å². The Labute approximate surface area is 147 Å². The summed E-state index contributed by atoms with van der Waals surface area (Å²) in [6.07, 6.45) is 0.741. The topological polar surface area (TPSA) is 67.4 Å². The number of carbonyl (C=O) groups excluding carboxylic acids is 2. The van der Waals surface area contributed by atoms with Gasteiger partial charge in [0, 0.05) is 29.2 Å². The molecule has 1 unspecified atom stereocenters. The number of ether oxygens (including phenoxy) is 1. The second kappa shape index (κ2) is 7.38. The summed E-state index contributed by atoms with van der Waals surface area (Å²) in [5.41, 5.74) is 2.25. The molecule has 1 aliphatic heterocycles. The van der Waals surface area contributed by atoms with Gasteiger partial charge in [-0.25, -0.2) is 0 Å². The third kappa shape index (κ3) is 3.99. The fraction of sp³-hybridized carbons (Fsp3) is 0.300. The fourth-order valence-corrected chi connectivity index (χ4v) is 2.73. The van der Waals surface area contributed by atoms with Gasteiger partial charge in [-0.15, -0.1) is 0 Å². The van der Waals surface area contributed by atoms with Gasteiger partial charge in [0.1, 0.15) is 5.75 Å². The highest BCUT2D eigenvalue weighted by atomic mass is 16.5. The molecule has 5 nitrogen and oxygen atoms in total. The van der Waals surface area contributed by atoms with Crippen LogP contribution in [-0.2, 0) is 4.79 Å². The number of anilines is 1. The zero-order valence-corrected chi connectivity index (χ0v) is 14.4. The summed E-state index contributed by atoms with van der Waals surface area (Å²) in [5, 5.41) is 5.88. The van der Waals surface area contributed by atoms with Gasteiger partial charge in [-0.05, 0) is 30.3 Å². The number of nitrogens with one attached hydrogen (secondary N) is 2. The van der Waals surface area contributed by atoms with E-state index in [-0.39, 0.29) is 23.8 Å². The van der Waals surface area contributed by atoms with Gasteiger partial charge in [0.2, 0.25) is 5.91 Å². The lowest BCUT2D eigenvalue weighted by Gasteiger charge is -2.26. The lowest BCUT2D eigenvalue weighted by molar-refractivity contribution is -0.118. The summed E-state index contributed by atoms with van der Waals surface area (Å²) in [7, 11) is 0. The quantitative estimate of drug-likeness (QED) is 0.896. The maximum Gasteiger partial charge on any atom is 0.251 e. The summed E-state index contributed by atoms with van der Waals surface area (Å²) in [4.78, 5) is 24.2. The zero-order valence-electron chi connectivity index (χ0n) is 14.4. The van der Waals surface area contributed by atoms with E-state index in [4.69, 9.17) is 4.74 Å². The smallest absolute Gasteiger partial charge is 0.251 e. The van der Waals surface area contributed by atoms with Crippen LogP contribution in [0.1, 0.15) is 42.2 Å². The number of para-hydroxylation sites is 1. The minimum absolute atomic E-state index is 0.0454. The summed E-state index contributed by atoms with van der Waals surface area (Å²) < 4.78 is 5.62. The lowest BCUT2D eigenvalue weighted by Crippen LogP contribution is -2.32. The summed E-state index contributed by atoms with van der Waals surface area (Å²) >= 11 is 0. The Morgan fingerprint density at radius 3 is 2.52 bits per heavy atom. The first kappa shape index (κ1) is 17.0. The van der Waals surface area contributed by atoms with E-state index >= 15 is 0 Å². The van der Waals surface area contributed by atoms with Crippen LogP contribution in [0, 0.1) is 5.92 Å². The van der Waals surface area contributed by atoms with Gasteiger partial charge in [-0.2, -0.15) is 0 Å². The van der Waals surface area contributed by atoms with E-state index in [1.165, 1.54) is 0 Å². The Morgan fingerprint density at radius 1 is 1.08 bits per heavy atom. The van der Waals surface area contributed by atoms with Gasteiger partial charge in [0.15, 0.2) is 0 Å². The van der Waals surface area contributed by atoms with Crippen LogP contribution in [0.5, 0.6) is 5.75 Å². The van der Waals surface area contributed by atoms with Crippen molar-refractivity contribution < 1.29 is 14.3 Å². The van der Waals surface area contributed by atoms with E-state index in [1.807, 2.05) is 38.1 Å². The number of fused-ring (bicyclic) bond motifs is 1. The second-order valence-corrected chi connectivity index (χ2v) is 6.42. The third-order valence-electron chi connectivity index (χ3n) is 4.20. The number of benzene rings is 2. The molecule has 0 saturated carbocycles. The van der Waals surface area contributed by atoms with E-state index in [2.05, 4.69) is 10.6 Å². The van der Waals surface area contributed by atoms with Crippen LogP contribution >= 0.6 is 0 Å². The minimum atomic E-state index is -0.136. The van der Waals surface area contributed by atoms with Crippen LogP contribution in [0.25, 0.3) is 0 Å². The van der Waals surface area contributed by atoms with E-state index in [1.54, 1.807) is 24.3 Å². The fourth-order valence-electron chi connectivity index (χ4n) is 2.73. The van der Waals surface area contributed by atoms with E-state index in [0.717, 1.165) is 17.7 Å². The Bertz CT molecular complexity index is 769. The van der Waals surface area contributed by atoms with Crippen molar-refractivity contribution >= 4 is 17.5 Å². The molecule has 25 heavy (non-hydrogen) atoms. The number of hydrogen-bond donors (Lipinski definition) is 2. The normalized spacial score (nSPS) is 15.9. The molecule has 0 bridgehead atoms. The van der Waals surface area contributed by atoms with Crippen molar-refractivity contribution in [3.8, 4) is 5.75 Å². The molecule has 1 heterocycles. The van der Waals surface area contributed by atoms with E-state index in [0.29, 0.717) is 17.9 Å². The van der Waals surface area contributed by atoms with Crippen LogP contribution in [-0.4, -0.2) is 18.4 Å². The van der Waals surface area contributed by atoms with Crippen LogP contribution in [0.2, 0.25) is 0 Å². The SMILES string of the molecule is CC(C)C(=O)Nc1ccc(C(=O)NC2CCOc3ccccc32)cc1. The zero-order chi connectivity index (χ0) is 17.8. The molecule has 1 aliphatic rings. The molecule has 5 heteroatoms. The predicted molar refractivity (Wildman–Crippen MR) is 96.7 cm³/mol. The standard InChI is InChI=1S/C20H22N2O3/c1-13(2)19(23)21-15-9-7-14(8-10-15)20(24)22-17-11-12-25-18-6-4-3-5-16(17)18/h3-10,13,17H,11-12H2,1-2H3,(H,21,23)(H,22,24). The Kier molecular flexibility index (Phi) is 5.03. The Morgan fingerprint density at radius 2 is 1.80 bits per heavy atom. The summed E-state index contributed by atoms with van der Waals surface area (Å²) in [6, 6.07) is 14.6. The van der Waals surface area contributed by atoms with Crippen LogP contribution < -0.4 is 15.4 Å². The molecule has 1 atom stereocenters. The largest absolute Gasteiger partial charge is 0.493 e. The number of hydrogen-bond acceptors (Lipinski definition) is 3. The molecule has 2 aromatic rings. The third-order valence-corrected chi connectivity index (χ3v) is 4.20. The molecule has 0 aliphatic carbocycles. The summed E-state index contributed by atoms with van der Waals surface area (Å²) in [5.74, 6) is 0.557. The average molecular weight is 338 g/mol. The van der Waals surface area contributed by atoms with Crippen molar-refractivity contribution in [3.05, 3.63) is 59.7 Å². The van der Waals surface area contributed by atoms with Gasteiger partial charge in [-0.3, -0.25) is 9.59 Å². The molecular formula is C20H22N2O3. The van der Waals surface area contributed by atoms with E-state index < -0.39 is 0 Å². The summed E-state index contributed by atoms with van der Waals surface area (Å²) in [6.45, 7) is 4.26. The molecular weight excluding hydrogens is 316 g/mol. The molecule has 2 N–H and O–H groups in total. The molecule has 0 fully saturated rings. The highest BCUT2D eigenvalue weighted by Crippen LogP contribution is 2.31. The van der Waals surface area contributed by atoms with Crippen LogP contribution in [0.4, 0.5) is 5.69 Å². The highest BCUT2D eigenvalue weighted by molar-refractivity contribution is 5.96. The van der Waals surface area contributed by atoms with Crippen molar-refractivity contribution in [2.75, 3.05) is 11.9 Å². The molecule has 130 valence electrons. The van der Waals surface area contributed by atoms with E-state index in [9.17, 15) is 9.59 Å². The lowest BCUT2D eigenvalue weighted by atomic mass is 10.00. The van der Waals surface area contributed by atoms with Gasteiger partial charge in [-0.1, -0.05) is 32.0 Å². The van der Waals surface area contributed by atoms with Gasteiger partial charge >= 0.3 is 0 Å². The molecule has 0 aromatic heterocycles. The van der Waals surface area contributed by atoms with Gasteiger partial charge in [0.25, 0.3) is 5.91 Å². The second-order valence-electron chi connectivity index (χ2n) is 6.42. The molecule has 0 saturated heterocycles. The van der Waals surface area contributed by atoms with Crippen LogP contribution in [0.3, 0.4) is 0 Å². The molecule has 3 rings (SSSR count). The number of amides is 2. The number of carbonyl (C=O) groups is 2. The maximum atomic E-state index is 12.5. The van der Waals surface area contributed by atoms with Crippen molar-refractivity contribution in [1.82, 2.24) is 5.32 Å². The first-order chi connectivity index (χ1) is 12.0. The predicted octanol–water partition coefficient (Wildman–Crippen LogP) is 3.53. The molecule has 2 aromatic carbocycles. The first-order valence-corrected chi connectivity index (χ1v) is 8.48. The first-order valence-electron chi connectivity index (χ1n) is 8.48. The van der Waals surface area contributed by atoms with Crippen LogP contribution in [0.15, 0.2) is 48.5 Å². The average Bonchev–Trinajstić information content (AvgIpc) is 2.62. The van der Waals surface area contributed by atoms with Crippen molar-refractivity contribution in [2.24, 2.45) is 5.92 Å². The molecule has 2 amide bonds. The Hall–Kier alpha value is -2.82. The van der Waals surface area contributed by atoms with Crippen molar-refractivity contribution in [2.45, 2.75) is 26.3 Å². The number of rotatable bonds is 4. The monoisotopic (exact) mass is 338 g/mol. The van der Waals surface area contributed by atoms with Crippen molar-refractivity contribution in [1.29, 1.82) is 0 Å². The Balaban J connectivity index is 1.67. The maximum absolute atomic E-state index is 12.5. The van der Waals surface area contributed by atoms with Gasteiger partial charge in [0.05, 0.1) is 12.6 Å². The molecule has 0 spiro atoms. The minimum Gasteiger partial charge on any atom is -0.493 e. The van der Waals surface area contributed by atoms with Gasteiger partial charge < -0.3 is 15.4 Å².